The van der Waals surface area contributed by atoms with Crippen LogP contribution < -0.4 is 5.32 Å². The number of rotatable bonds is 4. The van der Waals surface area contributed by atoms with E-state index in [1.54, 1.807) is 0 Å². The van der Waals surface area contributed by atoms with Crippen LogP contribution in [-0.2, 0) is 10.0 Å². The molecule has 1 aliphatic rings. The van der Waals surface area contributed by atoms with Gasteiger partial charge in [0.1, 0.15) is 16.5 Å². The molecule has 3 rings (SSSR count). The van der Waals surface area contributed by atoms with Gasteiger partial charge in [0.05, 0.1) is 10.7 Å². The van der Waals surface area contributed by atoms with Crippen LogP contribution >= 0.6 is 11.6 Å². The second kappa shape index (κ2) is 8.14. The van der Waals surface area contributed by atoms with E-state index in [0.717, 1.165) is 25.0 Å². The molecule has 1 heterocycles. The second-order valence-corrected chi connectivity index (χ2v) is 9.15. The molecule has 2 aromatic carbocycles. The number of hydrogen-bond donors (Lipinski definition) is 1. The number of amides is 1. The third kappa shape index (κ3) is 4.34. The van der Waals surface area contributed by atoms with Crippen LogP contribution in [0.3, 0.4) is 0 Å². The molecule has 1 saturated heterocycles. The van der Waals surface area contributed by atoms with Crippen molar-refractivity contribution in [2.45, 2.75) is 24.7 Å². The summed E-state index contributed by atoms with van der Waals surface area (Å²) in [6, 6.07) is 6.58. The zero-order valence-electron chi connectivity index (χ0n) is 15.1. The molecular formula is C19H19ClF2N2O3S. The first-order valence-corrected chi connectivity index (χ1v) is 10.6. The Morgan fingerprint density at radius 1 is 1.21 bits per heavy atom. The maximum absolute atomic E-state index is 13.8. The molecule has 0 radical (unpaired) electrons. The highest BCUT2D eigenvalue weighted by Gasteiger charge is 2.31. The zero-order chi connectivity index (χ0) is 20.5. The maximum atomic E-state index is 13.8. The van der Waals surface area contributed by atoms with E-state index in [1.165, 1.54) is 22.5 Å². The summed E-state index contributed by atoms with van der Waals surface area (Å²) in [5.41, 5.74) is -0.215. The van der Waals surface area contributed by atoms with Crippen molar-refractivity contribution in [2.24, 2.45) is 5.92 Å². The van der Waals surface area contributed by atoms with Crippen molar-refractivity contribution in [1.29, 1.82) is 0 Å². The van der Waals surface area contributed by atoms with Crippen LogP contribution in [0, 0.1) is 17.6 Å². The molecule has 2 aromatic rings. The molecule has 1 aliphatic heterocycles. The number of carbonyl (C=O) groups is 1. The van der Waals surface area contributed by atoms with Gasteiger partial charge >= 0.3 is 0 Å². The van der Waals surface area contributed by atoms with Gasteiger partial charge in [-0.25, -0.2) is 17.2 Å². The second-order valence-electron chi connectivity index (χ2n) is 6.83. The minimum Gasteiger partial charge on any atom is -0.319 e. The number of benzene rings is 2. The summed E-state index contributed by atoms with van der Waals surface area (Å²) in [6.07, 6.45) is 1.70. The van der Waals surface area contributed by atoms with Gasteiger partial charge in [-0.15, -0.1) is 0 Å². The predicted octanol–water partition coefficient (Wildman–Crippen LogP) is 4.29. The maximum Gasteiger partial charge on any atom is 0.255 e. The lowest BCUT2D eigenvalue weighted by atomic mass is 10.0. The van der Waals surface area contributed by atoms with E-state index in [1.807, 2.05) is 6.92 Å². The number of anilines is 1. The van der Waals surface area contributed by atoms with Crippen LogP contribution in [0.25, 0.3) is 0 Å². The SMILES string of the molecule is CC1CCCN(S(=O)(=O)c2cc(C(=O)Nc3ccc(F)cc3F)ccc2Cl)C1. The number of piperidine rings is 1. The summed E-state index contributed by atoms with van der Waals surface area (Å²) in [5, 5.41) is 2.31. The van der Waals surface area contributed by atoms with E-state index in [4.69, 9.17) is 11.6 Å². The van der Waals surface area contributed by atoms with Gasteiger partial charge in [0, 0.05) is 24.7 Å². The van der Waals surface area contributed by atoms with Gasteiger partial charge in [-0.3, -0.25) is 4.79 Å². The van der Waals surface area contributed by atoms with Crippen LogP contribution in [0.1, 0.15) is 30.1 Å². The normalized spacial score (nSPS) is 18.1. The number of nitrogens with one attached hydrogen (secondary N) is 1. The average Bonchev–Trinajstić information content (AvgIpc) is 2.64. The lowest BCUT2D eigenvalue weighted by molar-refractivity contribution is 0.102. The van der Waals surface area contributed by atoms with Crippen LogP contribution in [-0.4, -0.2) is 31.7 Å². The van der Waals surface area contributed by atoms with Gasteiger partial charge in [-0.2, -0.15) is 4.31 Å². The molecule has 0 aliphatic carbocycles. The van der Waals surface area contributed by atoms with E-state index in [9.17, 15) is 22.0 Å². The zero-order valence-corrected chi connectivity index (χ0v) is 16.7. The molecule has 5 nitrogen and oxygen atoms in total. The molecule has 0 spiro atoms. The fourth-order valence-corrected chi connectivity index (χ4v) is 5.23. The molecule has 0 aromatic heterocycles. The summed E-state index contributed by atoms with van der Waals surface area (Å²) in [4.78, 5) is 12.3. The summed E-state index contributed by atoms with van der Waals surface area (Å²) in [7, 11) is -3.87. The first-order chi connectivity index (χ1) is 13.2. The summed E-state index contributed by atoms with van der Waals surface area (Å²) >= 11 is 6.10. The number of carbonyl (C=O) groups excluding carboxylic acids is 1. The Morgan fingerprint density at radius 3 is 2.64 bits per heavy atom. The molecule has 1 amide bonds. The van der Waals surface area contributed by atoms with Gasteiger partial charge < -0.3 is 5.32 Å². The topological polar surface area (TPSA) is 66.5 Å². The number of sulfonamides is 1. The highest BCUT2D eigenvalue weighted by atomic mass is 35.5. The lowest BCUT2D eigenvalue weighted by Gasteiger charge is -2.30. The van der Waals surface area contributed by atoms with E-state index in [2.05, 4.69) is 5.32 Å². The molecule has 150 valence electrons. The number of hydrogen-bond acceptors (Lipinski definition) is 3. The van der Waals surface area contributed by atoms with Crippen molar-refractivity contribution in [3.05, 3.63) is 58.6 Å². The van der Waals surface area contributed by atoms with Gasteiger partial charge in [-0.1, -0.05) is 18.5 Å². The molecule has 1 unspecified atom stereocenters. The summed E-state index contributed by atoms with van der Waals surface area (Å²) in [6.45, 7) is 2.75. The third-order valence-corrected chi connectivity index (χ3v) is 6.96. The standard InChI is InChI=1S/C19H19ClF2N2O3S/c1-12-3-2-8-24(11-12)28(26,27)18-9-13(4-6-15(18)20)19(25)23-17-7-5-14(21)10-16(17)22/h4-7,9-10,12H,2-3,8,11H2,1H3,(H,23,25). The molecule has 0 saturated carbocycles. The first-order valence-electron chi connectivity index (χ1n) is 8.74. The number of nitrogens with zero attached hydrogens (tertiary/aromatic N) is 1. The van der Waals surface area contributed by atoms with Crippen molar-refractivity contribution >= 4 is 33.2 Å². The molecule has 0 bridgehead atoms. The Kier molecular flexibility index (Phi) is 6.02. The van der Waals surface area contributed by atoms with Gasteiger partial charge in [-0.05, 0) is 49.1 Å². The Hall–Kier alpha value is -2.03. The largest absolute Gasteiger partial charge is 0.319 e. The van der Waals surface area contributed by atoms with Gasteiger partial charge in [0.25, 0.3) is 5.91 Å². The van der Waals surface area contributed by atoms with Crippen LogP contribution in [0.2, 0.25) is 5.02 Å². The number of halogens is 3. The van der Waals surface area contributed by atoms with Gasteiger partial charge in [0.2, 0.25) is 10.0 Å². The molecule has 1 atom stereocenters. The highest BCUT2D eigenvalue weighted by molar-refractivity contribution is 7.89. The Balaban J connectivity index is 1.89. The molecular weight excluding hydrogens is 410 g/mol. The minimum atomic E-state index is -3.87. The van der Waals surface area contributed by atoms with E-state index >= 15 is 0 Å². The monoisotopic (exact) mass is 428 g/mol. The van der Waals surface area contributed by atoms with Crippen molar-refractivity contribution in [3.8, 4) is 0 Å². The fraction of sp³-hybridized carbons (Fsp3) is 0.316. The molecule has 9 heteroatoms. The predicted molar refractivity (Wildman–Crippen MR) is 103 cm³/mol. The quantitative estimate of drug-likeness (QED) is 0.789. The highest BCUT2D eigenvalue weighted by Crippen LogP contribution is 2.29. The Bertz CT molecular complexity index is 1010. The minimum absolute atomic E-state index is 0.00254. The van der Waals surface area contributed by atoms with Gasteiger partial charge in [0.15, 0.2) is 0 Å². The van der Waals surface area contributed by atoms with Crippen LogP contribution in [0.5, 0.6) is 0 Å². The van der Waals surface area contributed by atoms with E-state index in [-0.39, 0.29) is 27.1 Å². The third-order valence-electron chi connectivity index (χ3n) is 4.61. The molecule has 1 fully saturated rings. The van der Waals surface area contributed by atoms with Crippen LogP contribution in [0.15, 0.2) is 41.3 Å². The molecule has 28 heavy (non-hydrogen) atoms. The van der Waals surface area contributed by atoms with E-state index < -0.39 is 27.6 Å². The Morgan fingerprint density at radius 2 is 1.96 bits per heavy atom. The first kappa shape index (κ1) is 20.7. The summed E-state index contributed by atoms with van der Waals surface area (Å²) < 4.78 is 54.1. The van der Waals surface area contributed by atoms with E-state index in [0.29, 0.717) is 19.2 Å². The Labute approximate surface area is 167 Å². The summed E-state index contributed by atoms with van der Waals surface area (Å²) in [5.74, 6) is -2.20. The lowest BCUT2D eigenvalue weighted by Crippen LogP contribution is -2.39. The van der Waals surface area contributed by atoms with Crippen molar-refractivity contribution in [3.63, 3.8) is 0 Å². The van der Waals surface area contributed by atoms with Crippen molar-refractivity contribution in [2.75, 3.05) is 18.4 Å². The fourth-order valence-electron chi connectivity index (χ4n) is 3.13. The smallest absolute Gasteiger partial charge is 0.255 e. The van der Waals surface area contributed by atoms with Crippen molar-refractivity contribution in [1.82, 2.24) is 4.31 Å². The van der Waals surface area contributed by atoms with Crippen molar-refractivity contribution < 1.29 is 22.0 Å². The molecule has 1 N–H and O–H groups in total. The van der Waals surface area contributed by atoms with Crippen LogP contribution in [0.4, 0.5) is 14.5 Å². The average molecular weight is 429 g/mol.